The monoisotopic (exact) mass is 372 g/mol. The summed E-state index contributed by atoms with van der Waals surface area (Å²) in [5, 5.41) is 0. The Hall–Kier alpha value is -1.64. The van der Waals surface area contributed by atoms with E-state index in [-0.39, 0.29) is 0 Å². The molecular weight excluding hydrogens is 350 g/mol. The molecule has 128 valence electrons. The van der Waals surface area contributed by atoms with E-state index < -0.39 is 24.4 Å². The molecule has 0 saturated heterocycles. The predicted octanol–water partition coefficient (Wildman–Crippen LogP) is 6.58. The van der Waals surface area contributed by atoms with Crippen LogP contribution >= 0.6 is 0 Å². The van der Waals surface area contributed by atoms with E-state index in [0.717, 1.165) is 33.4 Å². The Morgan fingerprint density at radius 1 is 0.760 bits per heavy atom. The first-order chi connectivity index (χ1) is 11.9. The van der Waals surface area contributed by atoms with Gasteiger partial charge in [0, 0.05) is 0 Å². The van der Waals surface area contributed by atoms with Crippen molar-refractivity contribution < 1.29 is 22.1 Å². The van der Waals surface area contributed by atoms with Crippen LogP contribution in [0.3, 0.4) is 0 Å². The van der Waals surface area contributed by atoms with Gasteiger partial charge in [-0.15, -0.1) is 0 Å². The van der Waals surface area contributed by atoms with Gasteiger partial charge in [-0.1, -0.05) is 0 Å². The summed E-state index contributed by atoms with van der Waals surface area (Å²) in [5.74, 6) is 0. The van der Waals surface area contributed by atoms with Crippen molar-refractivity contribution >= 4 is 16.5 Å². The Morgan fingerprint density at radius 3 is 1.56 bits per heavy atom. The molecule has 0 spiro atoms. The van der Waals surface area contributed by atoms with E-state index in [2.05, 4.69) is 0 Å². The van der Waals surface area contributed by atoms with Crippen LogP contribution in [-0.2, 0) is 15.9 Å². The summed E-state index contributed by atoms with van der Waals surface area (Å²) >= 11 is -6.11. The number of allylic oxidation sites excluding steroid dienone is 2. The molecule has 0 N–H and O–H groups in total. The predicted molar refractivity (Wildman–Crippen MR) is 99.6 cm³/mol. The van der Waals surface area contributed by atoms with Crippen LogP contribution in [-0.4, -0.2) is 4.31 Å². The van der Waals surface area contributed by atoms with Crippen molar-refractivity contribution in [3.8, 4) is 0 Å². The van der Waals surface area contributed by atoms with Crippen LogP contribution in [0.4, 0.5) is 6.18 Å². The third kappa shape index (κ3) is 2.24. The maximum atomic E-state index is 16.9. The Balaban J connectivity index is 1.99. The molecule has 2 atom stereocenters. The van der Waals surface area contributed by atoms with Crippen molar-refractivity contribution in [2.75, 3.05) is 0 Å². The standard InChI is InChI=1S/2C10H9.C2H4.2FH.Ti/c2*1-8-6-9-4-2-3-5-10(9)7-8;1-2;;;/h2*2-7H,1H3;1H,2H3;2*1H;/q;;;;;+2/p-2. The molecule has 0 saturated carbocycles. The molecule has 2 aromatic rings. The first-order valence-electron chi connectivity index (χ1n) is 8.79. The summed E-state index contributed by atoms with van der Waals surface area (Å²) in [4.78, 5) is 0. The molecule has 4 rings (SSSR count). The van der Waals surface area contributed by atoms with E-state index in [4.69, 9.17) is 0 Å². The Kier molecular flexibility index (Phi) is 3.65. The molecule has 0 nitrogen and oxygen atoms in total. The van der Waals surface area contributed by atoms with Gasteiger partial charge in [-0.3, -0.25) is 0 Å². The van der Waals surface area contributed by atoms with Crippen molar-refractivity contribution in [1.82, 2.24) is 0 Å². The second-order valence-corrected chi connectivity index (χ2v) is 13.9. The van der Waals surface area contributed by atoms with Crippen molar-refractivity contribution in [1.29, 1.82) is 0 Å². The summed E-state index contributed by atoms with van der Waals surface area (Å²) in [6.07, 6.45) is 3.90. The minimum atomic E-state index is -6.11. The van der Waals surface area contributed by atoms with Crippen LogP contribution in [0.15, 0.2) is 59.7 Å². The molecule has 0 amide bonds. The SMILES string of the molecule is C[CH]=[Ti]([F])([F])([CH]1C(C)=Cc2ccccc21)[CH]1C(C)=Cc2ccccc21. The molecule has 2 aliphatic rings. The molecule has 25 heavy (non-hydrogen) atoms. The molecule has 0 aromatic heterocycles. The van der Waals surface area contributed by atoms with Gasteiger partial charge < -0.3 is 0 Å². The van der Waals surface area contributed by atoms with E-state index in [1.165, 1.54) is 4.31 Å². The Morgan fingerprint density at radius 2 is 1.16 bits per heavy atom. The van der Waals surface area contributed by atoms with Crippen LogP contribution in [0.5, 0.6) is 0 Å². The number of hydrogen-bond acceptors (Lipinski definition) is 0. The van der Waals surface area contributed by atoms with Crippen molar-refractivity contribution in [3.05, 3.63) is 81.9 Å². The van der Waals surface area contributed by atoms with Crippen molar-refractivity contribution in [3.63, 3.8) is 0 Å². The van der Waals surface area contributed by atoms with Gasteiger partial charge in [0.05, 0.1) is 0 Å². The van der Waals surface area contributed by atoms with E-state index >= 15 is 6.18 Å². The van der Waals surface area contributed by atoms with Gasteiger partial charge in [-0.2, -0.15) is 0 Å². The maximum absolute atomic E-state index is 16.9. The first-order valence-corrected chi connectivity index (χ1v) is 12.7. The van der Waals surface area contributed by atoms with E-state index in [0.29, 0.717) is 0 Å². The third-order valence-corrected chi connectivity index (χ3v) is 13.5. The fourth-order valence-corrected chi connectivity index (χ4v) is 12.1. The van der Waals surface area contributed by atoms with Crippen LogP contribution in [0, 0.1) is 0 Å². The second-order valence-electron chi connectivity index (χ2n) is 7.42. The first kappa shape index (κ1) is 16.8. The quantitative estimate of drug-likeness (QED) is 0.522. The molecule has 0 heterocycles. The van der Waals surface area contributed by atoms with Gasteiger partial charge in [0.15, 0.2) is 0 Å². The molecule has 2 unspecified atom stereocenters. The Labute approximate surface area is 149 Å². The molecule has 2 aliphatic carbocycles. The molecule has 0 radical (unpaired) electrons. The molecule has 2 aromatic carbocycles. The summed E-state index contributed by atoms with van der Waals surface area (Å²) in [5.41, 5.74) is 5.11. The minimum absolute atomic E-state index is 0.752. The zero-order chi connectivity index (χ0) is 17.8. The van der Waals surface area contributed by atoms with Crippen LogP contribution in [0.25, 0.3) is 12.2 Å². The van der Waals surface area contributed by atoms with E-state index in [9.17, 15) is 0 Å². The van der Waals surface area contributed by atoms with Crippen LogP contribution in [0.1, 0.15) is 51.5 Å². The number of fused-ring (bicyclic) bond motifs is 2. The van der Waals surface area contributed by atoms with Gasteiger partial charge in [-0.25, -0.2) is 0 Å². The molecule has 0 aliphatic heterocycles. The fraction of sp³-hybridized carbons (Fsp3) is 0.227. The van der Waals surface area contributed by atoms with E-state index in [1.807, 2.05) is 74.5 Å². The van der Waals surface area contributed by atoms with Gasteiger partial charge in [0.25, 0.3) is 0 Å². The number of hydrogen-bond donors (Lipinski definition) is 0. The summed E-state index contributed by atoms with van der Waals surface area (Å²) in [6.45, 7) is 5.33. The summed E-state index contributed by atoms with van der Waals surface area (Å²) in [7, 11) is 0. The number of rotatable bonds is 2. The van der Waals surface area contributed by atoms with Crippen LogP contribution < -0.4 is 0 Å². The zero-order valence-electron chi connectivity index (χ0n) is 14.8. The van der Waals surface area contributed by atoms with Gasteiger partial charge in [0.2, 0.25) is 0 Å². The summed E-state index contributed by atoms with van der Waals surface area (Å²) < 4.78 is 33.5. The average Bonchev–Trinajstić information content (AvgIpc) is 3.11. The molecule has 3 heteroatoms. The van der Waals surface area contributed by atoms with Crippen LogP contribution in [0.2, 0.25) is 0 Å². The second kappa shape index (κ2) is 5.43. The molecule has 0 bridgehead atoms. The average molecular weight is 372 g/mol. The normalized spacial score (nSPS) is 22.2. The molecular formula is C22H22F2Ti. The third-order valence-electron chi connectivity index (χ3n) is 5.95. The zero-order valence-corrected chi connectivity index (χ0v) is 16.3. The fourth-order valence-electron chi connectivity index (χ4n) is 4.92. The summed E-state index contributed by atoms with van der Waals surface area (Å²) in [6, 6.07) is 15.3. The van der Waals surface area contributed by atoms with Gasteiger partial charge >= 0.3 is 150 Å². The van der Waals surface area contributed by atoms with Gasteiger partial charge in [-0.05, 0) is 0 Å². The van der Waals surface area contributed by atoms with E-state index in [1.54, 1.807) is 6.92 Å². The van der Waals surface area contributed by atoms with Crippen molar-refractivity contribution in [2.24, 2.45) is 0 Å². The Bertz CT molecular complexity index is 931. The topological polar surface area (TPSA) is 0 Å². The number of benzene rings is 2. The number of halogens is 2. The van der Waals surface area contributed by atoms with Gasteiger partial charge in [0.1, 0.15) is 0 Å². The van der Waals surface area contributed by atoms with Crippen molar-refractivity contribution in [2.45, 2.75) is 29.2 Å². The molecule has 0 fully saturated rings.